The molecular weight excluding hydrogens is 380 g/mol. The van der Waals surface area contributed by atoms with E-state index in [1.54, 1.807) is 0 Å². The van der Waals surface area contributed by atoms with Gasteiger partial charge in [0.05, 0.1) is 26.4 Å². The van der Waals surface area contributed by atoms with Gasteiger partial charge in [0.2, 0.25) is 0 Å². The van der Waals surface area contributed by atoms with Gasteiger partial charge < -0.3 is 18.9 Å². The van der Waals surface area contributed by atoms with E-state index in [9.17, 15) is 19.2 Å². The maximum Gasteiger partial charge on any atom is 0.320 e. The summed E-state index contributed by atoms with van der Waals surface area (Å²) in [7, 11) is 0. The van der Waals surface area contributed by atoms with Gasteiger partial charge in [0.25, 0.3) is 0 Å². The number of hydrogen-bond donors (Lipinski definition) is 0. The van der Waals surface area contributed by atoms with E-state index in [1.165, 1.54) is 0 Å². The Kier molecular flexibility index (Phi) is 15.6. The Balaban J connectivity index is 5.39. The Morgan fingerprint density at radius 3 is 1.10 bits per heavy atom. The lowest BCUT2D eigenvalue weighted by molar-refractivity contribution is -0.167. The molecule has 0 saturated heterocycles. The predicted octanol–water partition coefficient (Wildman–Crippen LogP) is 3.20. The Hall–Kier alpha value is -2.12. The molecule has 0 rings (SSSR count). The SMILES string of the molecule is CCCCOC(=O)C(CC(C(=O)OCCC)C(=O)OCCC)C(=O)OCCCC. The highest BCUT2D eigenvalue weighted by Gasteiger charge is 2.40. The predicted molar refractivity (Wildman–Crippen MR) is 106 cm³/mol. The second-order valence-corrected chi connectivity index (χ2v) is 6.72. The minimum absolute atomic E-state index is 0.128. The molecule has 0 aromatic carbocycles. The van der Waals surface area contributed by atoms with E-state index in [0.717, 1.165) is 12.8 Å². The monoisotopic (exact) mass is 416 g/mol. The van der Waals surface area contributed by atoms with Crippen molar-refractivity contribution in [1.82, 2.24) is 0 Å². The summed E-state index contributed by atoms with van der Waals surface area (Å²) in [5, 5.41) is 0. The summed E-state index contributed by atoms with van der Waals surface area (Å²) in [6, 6.07) is 0. The maximum absolute atomic E-state index is 12.5. The highest BCUT2D eigenvalue weighted by molar-refractivity contribution is 5.99. The third kappa shape index (κ3) is 11.5. The van der Waals surface area contributed by atoms with E-state index in [0.29, 0.717) is 25.7 Å². The van der Waals surface area contributed by atoms with E-state index in [2.05, 4.69) is 0 Å². The van der Waals surface area contributed by atoms with Crippen molar-refractivity contribution in [3.8, 4) is 0 Å². The average molecular weight is 417 g/mol. The fourth-order valence-corrected chi connectivity index (χ4v) is 2.25. The number of esters is 4. The molecule has 0 unspecified atom stereocenters. The van der Waals surface area contributed by atoms with Crippen molar-refractivity contribution in [2.24, 2.45) is 11.8 Å². The lowest BCUT2D eigenvalue weighted by Crippen LogP contribution is -2.36. The number of hydrogen-bond acceptors (Lipinski definition) is 8. The first-order chi connectivity index (χ1) is 13.9. The van der Waals surface area contributed by atoms with Crippen LogP contribution in [0.5, 0.6) is 0 Å². The highest BCUT2D eigenvalue weighted by Crippen LogP contribution is 2.20. The first-order valence-corrected chi connectivity index (χ1v) is 10.6. The molecule has 0 radical (unpaired) electrons. The van der Waals surface area contributed by atoms with Gasteiger partial charge in [-0.2, -0.15) is 0 Å². The van der Waals surface area contributed by atoms with Crippen LogP contribution in [0.1, 0.15) is 72.6 Å². The second kappa shape index (κ2) is 16.8. The van der Waals surface area contributed by atoms with Crippen molar-refractivity contribution in [1.29, 1.82) is 0 Å². The molecule has 0 aliphatic carbocycles. The molecule has 0 aliphatic heterocycles. The van der Waals surface area contributed by atoms with Gasteiger partial charge in [-0.15, -0.1) is 0 Å². The number of carbonyl (C=O) groups is 4. The lowest BCUT2D eigenvalue weighted by atomic mass is 9.94. The smallest absolute Gasteiger partial charge is 0.320 e. The Bertz CT molecular complexity index is 461. The molecule has 8 nitrogen and oxygen atoms in total. The first-order valence-electron chi connectivity index (χ1n) is 10.6. The van der Waals surface area contributed by atoms with E-state index in [1.807, 2.05) is 27.7 Å². The zero-order chi connectivity index (χ0) is 22.1. The third-order valence-corrected chi connectivity index (χ3v) is 3.99. The van der Waals surface area contributed by atoms with Gasteiger partial charge in [-0.05, 0) is 32.1 Å². The van der Waals surface area contributed by atoms with Gasteiger partial charge in [-0.3, -0.25) is 19.2 Å². The third-order valence-electron chi connectivity index (χ3n) is 3.99. The molecule has 8 heteroatoms. The number of ether oxygens (including phenoxy) is 4. The Morgan fingerprint density at radius 2 is 0.828 bits per heavy atom. The summed E-state index contributed by atoms with van der Waals surface area (Å²) < 4.78 is 20.4. The Morgan fingerprint density at radius 1 is 0.517 bits per heavy atom. The molecule has 0 bridgehead atoms. The number of unbranched alkanes of at least 4 members (excludes halogenated alkanes) is 2. The molecule has 0 aromatic heterocycles. The highest BCUT2D eigenvalue weighted by atomic mass is 16.6. The topological polar surface area (TPSA) is 105 Å². The fraction of sp³-hybridized carbons (Fsp3) is 0.810. The molecule has 0 heterocycles. The van der Waals surface area contributed by atoms with Crippen molar-refractivity contribution in [2.45, 2.75) is 72.6 Å². The summed E-state index contributed by atoms with van der Waals surface area (Å²) in [6.45, 7) is 8.07. The largest absolute Gasteiger partial charge is 0.465 e. The summed E-state index contributed by atoms with van der Waals surface area (Å²) in [5.74, 6) is -6.04. The number of rotatable bonds is 16. The van der Waals surface area contributed by atoms with Gasteiger partial charge in [0.1, 0.15) is 0 Å². The molecule has 0 amide bonds. The minimum Gasteiger partial charge on any atom is -0.465 e. The molecule has 0 atom stereocenters. The molecule has 0 saturated carbocycles. The summed E-state index contributed by atoms with van der Waals surface area (Å²) in [5.41, 5.74) is 0. The number of carbonyl (C=O) groups excluding carboxylic acids is 4. The summed E-state index contributed by atoms with van der Waals surface area (Å²) in [4.78, 5) is 49.7. The minimum atomic E-state index is -1.39. The standard InChI is InChI=1S/C21H36O8/c1-5-9-13-28-20(24)17(21(25)29-14-10-6-2)15-16(18(22)26-11-7-3)19(23)27-12-8-4/h16-17H,5-15H2,1-4H3. The van der Waals surface area contributed by atoms with E-state index < -0.39 is 42.1 Å². The zero-order valence-corrected chi connectivity index (χ0v) is 18.2. The van der Waals surface area contributed by atoms with Crippen molar-refractivity contribution >= 4 is 23.9 Å². The van der Waals surface area contributed by atoms with Crippen LogP contribution >= 0.6 is 0 Å². The van der Waals surface area contributed by atoms with Crippen LogP contribution in [0.25, 0.3) is 0 Å². The van der Waals surface area contributed by atoms with Gasteiger partial charge in [-0.25, -0.2) is 0 Å². The van der Waals surface area contributed by atoms with E-state index >= 15 is 0 Å². The molecule has 29 heavy (non-hydrogen) atoms. The van der Waals surface area contributed by atoms with Crippen LogP contribution in [0.4, 0.5) is 0 Å². The van der Waals surface area contributed by atoms with Gasteiger partial charge in [0.15, 0.2) is 11.8 Å². The zero-order valence-electron chi connectivity index (χ0n) is 18.2. The maximum atomic E-state index is 12.5. The van der Waals surface area contributed by atoms with Crippen LogP contribution in [0.3, 0.4) is 0 Å². The normalized spacial score (nSPS) is 10.7. The van der Waals surface area contributed by atoms with Gasteiger partial charge in [-0.1, -0.05) is 40.5 Å². The van der Waals surface area contributed by atoms with Crippen LogP contribution in [0.15, 0.2) is 0 Å². The van der Waals surface area contributed by atoms with Crippen LogP contribution < -0.4 is 0 Å². The molecule has 168 valence electrons. The van der Waals surface area contributed by atoms with Crippen molar-refractivity contribution in [3.05, 3.63) is 0 Å². The Labute approximate surface area is 173 Å². The average Bonchev–Trinajstić information content (AvgIpc) is 2.71. The quantitative estimate of drug-likeness (QED) is 0.163. The van der Waals surface area contributed by atoms with Crippen molar-refractivity contribution in [3.63, 3.8) is 0 Å². The van der Waals surface area contributed by atoms with Crippen LogP contribution in [-0.4, -0.2) is 50.3 Å². The second-order valence-electron chi connectivity index (χ2n) is 6.72. The molecular formula is C21H36O8. The van der Waals surface area contributed by atoms with Crippen LogP contribution in [0.2, 0.25) is 0 Å². The fourth-order valence-electron chi connectivity index (χ4n) is 2.25. The van der Waals surface area contributed by atoms with Crippen LogP contribution in [0, 0.1) is 11.8 Å². The van der Waals surface area contributed by atoms with Crippen LogP contribution in [-0.2, 0) is 38.1 Å². The van der Waals surface area contributed by atoms with Gasteiger partial charge >= 0.3 is 23.9 Å². The van der Waals surface area contributed by atoms with Crippen molar-refractivity contribution < 1.29 is 38.1 Å². The molecule has 0 fully saturated rings. The first kappa shape index (κ1) is 26.9. The molecule has 0 N–H and O–H groups in total. The van der Waals surface area contributed by atoms with E-state index in [4.69, 9.17) is 18.9 Å². The lowest BCUT2D eigenvalue weighted by Gasteiger charge is -2.20. The summed E-state index contributed by atoms with van der Waals surface area (Å²) in [6.07, 6.45) is 3.66. The molecule has 0 aliphatic rings. The molecule has 0 spiro atoms. The molecule has 0 aromatic rings. The van der Waals surface area contributed by atoms with E-state index in [-0.39, 0.29) is 26.4 Å². The van der Waals surface area contributed by atoms with Gasteiger partial charge in [0, 0.05) is 0 Å². The summed E-state index contributed by atoms with van der Waals surface area (Å²) >= 11 is 0. The van der Waals surface area contributed by atoms with Crippen molar-refractivity contribution in [2.75, 3.05) is 26.4 Å².